The van der Waals surface area contributed by atoms with E-state index in [-0.39, 0.29) is 11.9 Å². The van der Waals surface area contributed by atoms with E-state index in [0.717, 1.165) is 30.4 Å². The smallest absolute Gasteiger partial charge is 0.267 e. The van der Waals surface area contributed by atoms with Gasteiger partial charge in [0.1, 0.15) is 6.61 Å². The molecule has 0 radical (unpaired) electrons. The van der Waals surface area contributed by atoms with Gasteiger partial charge in [0.25, 0.3) is 5.91 Å². The van der Waals surface area contributed by atoms with Crippen LogP contribution in [0.25, 0.3) is 6.08 Å². The number of halogens is 2. The molecule has 202 valence electrons. The summed E-state index contributed by atoms with van der Waals surface area (Å²) < 4.78 is 13.7. The molecule has 0 N–H and O–H groups in total. The van der Waals surface area contributed by atoms with Crippen LogP contribution < -0.4 is 9.47 Å². The molecule has 4 aromatic rings. The average Bonchev–Trinajstić information content (AvgIpc) is 3.27. The molecule has 5 nitrogen and oxygen atoms in total. The number of ether oxygens (including phenoxy) is 2. The maximum atomic E-state index is 13.8. The molecule has 1 aliphatic rings. The summed E-state index contributed by atoms with van der Waals surface area (Å²) in [5.41, 5.74) is 3.74. The third-order valence-electron chi connectivity index (χ3n) is 6.33. The molecule has 0 aliphatic carbocycles. The zero-order chi connectivity index (χ0) is 28.1. The molecule has 0 saturated carbocycles. The van der Waals surface area contributed by atoms with Crippen LogP contribution in [-0.4, -0.2) is 23.1 Å². The van der Waals surface area contributed by atoms with Crippen molar-refractivity contribution in [2.24, 2.45) is 4.99 Å². The molecular weight excluding hydrogens is 699 g/mol. The molecule has 0 unspecified atom stereocenters. The fraction of sp³-hybridized carbons (Fsp3) is 0.125. The Balaban J connectivity index is 1.46. The third kappa shape index (κ3) is 6.62. The van der Waals surface area contributed by atoms with Crippen LogP contribution in [0.5, 0.6) is 11.5 Å². The Morgan fingerprint density at radius 3 is 2.35 bits per heavy atom. The third-order valence-corrected chi connectivity index (χ3v) is 8.65. The van der Waals surface area contributed by atoms with Crippen LogP contribution in [0.1, 0.15) is 29.7 Å². The first-order chi connectivity index (χ1) is 19.4. The SMILES string of the molecule is COc1cc(/C=C2/SC(=Nc3ccccc3)N([C@@H](C)c3ccccc3)C2=O)cc(I)c1OCc1ccc(Br)cc1. The largest absolute Gasteiger partial charge is 0.493 e. The van der Waals surface area contributed by atoms with Crippen LogP contribution in [0, 0.1) is 3.57 Å². The molecular formula is C32H26BrIN2O3S. The Morgan fingerprint density at radius 2 is 1.68 bits per heavy atom. The van der Waals surface area contributed by atoms with Gasteiger partial charge in [0.2, 0.25) is 0 Å². The van der Waals surface area contributed by atoms with Crippen LogP contribution in [0.4, 0.5) is 5.69 Å². The number of rotatable bonds is 8. The number of hydrogen-bond acceptors (Lipinski definition) is 5. The highest BCUT2D eigenvalue weighted by atomic mass is 127. The molecule has 40 heavy (non-hydrogen) atoms. The van der Waals surface area contributed by atoms with E-state index in [1.807, 2.05) is 110 Å². The predicted molar refractivity (Wildman–Crippen MR) is 175 cm³/mol. The fourth-order valence-electron chi connectivity index (χ4n) is 4.25. The molecule has 1 fully saturated rings. The van der Waals surface area contributed by atoms with Crippen molar-refractivity contribution in [3.8, 4) is 11.5 Å². The number of amidine groups is 1. The molecule has 5 rings (SSSR count). The molecule has 0 spiro atoms. The number of carbonyl (C=O) groups excluding carboxylic acids is 1. The second-order valence-corrected chi connectivity index (χ2v) is 12.1. The van der Waals surface area contributed by atoms with E-state index < -0.39 is 0 Å². The normalized spacial score (nSPS) is 16.0. The monoisotopic (exact) mass is 724 g/mol. The van der Waals surface area contributed by atoms with Crippen molar-refractivity contribution >= 4 is 73.1 Å². The van der Waals surface area contributed by atoms with Gasteiger partial charge in [-0.2, -0.15) is 0 Å². The zero-order valence-corrected chi connectivity index (χ0v) is 26.4. The van der Waals surface area contributed by atoms with Gasteiger partial charge in [0.15, 0.2) is 16.7 Å². The van der Waals surface area contributed by atoms with Crippen molar-refractivity contribution in [1.29, 1.82) is 0 Å². The van der Waals surface area contributed by atoms with Crippen molar-refractivity contribution in [2.75, 3.05) is 7.11 Å². The molecule has 1 aliphatic heterocycles. The van der Waals surface area contributed by atoms with Crippen molar-refractivity contribution in [3.05, 3.63) is 127 Å². The standard InChI is InChI=1S/C32H26BrIN2O3S/c1-21(24-9-5-3-6-10-24)36-31(37)29(40-32(36)35-26-11-7-4-8-12-26)19-23-17-27(34)30(28(18-23)38-2)39-20-22-13-15-25(33)16-14-22/h3-19,21H,20H2,1-2H3/b29-19+,35-32?/t21-/m0/s1. The van der Waals surface area contributed by atoms with Gasteiger partial charge in [0, 0.05) is 4.47 Å². The van der Waals surface area contributed by atoms with Crippen LogP contribution in [0.2, 0.25) is 0 Å². The minimum absolute atomic E-state index is 0.0828. The lowest BCUT2D eigenvalue weighted by Crippen LogP contribution is -2.32. The second kappa shape index (κ2) is 13.1. The van der Waals surface area contributed by atoms with Gasteiger partial charge in [-0.15, -0.1) is 0 Å². The second-order valence-electron chi connectivity index (χ2n) is 9.05. The summed E-state index contributed by atoms with van der Waals surface area (Å²) in [5, 5.41) is 0.648. The minimum Gasteiger partial charge on any atom is -0.493 e. The lowest BCUT2D eigenvalue weighted by Gasteiger charge is -2.24. The summed E-state index contributed by atoms with van der Waals surface area (Å²) in [6.45, 7) is 2.45. The van der Waals surface area contributed by atoms with Gasteiger partial charge >= 0.3 is 0 Å². The van der Waals surface area contributed by atoms with Gasteiger partial charge in [-0.1, -0.05) is 76.6 Å². The van der Waals surface area contributed by atoms with Crippen LogP contribution in [0.15, 0.2) is 111 Å². The van der Waals surface area contributed by atoms with Gasteiger partial charge in [-0.25, -0.2) is 4.99 Å². The Bertz CT molecular complexity index is 1560. The number of aliphatic imine (C=N–C) groups is 1. The van der Waals surface area contributed by atoms with Gasteiger partial charge in [-0.3, -0.25) is 9.69 Å². The lowest BCUT2D eigenvalue weighted by atomic mass is 10.1. The number of carbonyl (C=O) groups is 1. The van der Waals surface area contributed by atoms with Crippen molar-refractivity contribution in [2.45, 2.75) is 19.6 Å². The first-order valence-corrected chi connectivity index (χ1v) is 15.3. The lowest BCUT2D eigenvalue weighted by molar-refractivity contribution is -0.123. The van der Waals surface area contributed by atoms with E-state index in [1.54, 1.807) is 12.0 Å². The minimum atomic E-state index is -0.182. The summed E-state index contributed by atoms with van der Waals surface area (Å²) in [7, 11) is 1.62. The zero-order valence-electron chi connectivity index (χ0n) is 21.9. The van der Waals surface area contributed by atoms with E-state index in [1.165, 1.54) is 11.8 Å². The maximum Gasteiger partial charge on any atom is 0.267 e. The predicted octanol–water partition coefficient (Wildman–Crippen LogP) is 9.01. The number of para-hydroxylation sites is 1. The Hall–Kier alpha value is -3.08. The highest BCUT2D eigenvalue weighted by Gasteiger charge is 2.37. The van der Waals surface area contributed by atoms with E-state index in [9.17, 15) is 4.79 Å². The van der Waals surface area contributed by atoms with E-state index in [4.69, 9.17) is 14.5 Å². The van der Waals surface area contributed by atoms with Crippen molar-refractivity contribution in [1.82, 2.24) is 4.90 Å². The number of methoxy groups -OCH3 is 1. The molecule has 0 bridgehead atoms. The number of amides is 1. The van der Waals surface area contributed by atoms with Crippen LogP contribution in [-0.2, 0) is 11.4 Å². The maximum absolute atomic E-state index is 13.8. The topological polar surface area (TPSA) is 51.1 Å². The molecule has 1 heterocycles. The Morgan fingerprint density at radius 1 is 1.00 bits per heavy atom. The number of hydrogen-bond donors (Lipinski definition) is 0. The summed E-state index contributed by atoms with van der Waals surface area (Å²) in [4.78, 5) is 21.0. The average molecular weight is 725 g/mol. The van der Waals surface area contributed by atoms with Gasteiger partial charge in [-0.05, 0) is 100 Å². The van der Waals surface area contributed by atoms with Gasteiger partial charge < -0.3 is 9.47 Å². The first kappa shape index (κ1) is 28.4. The number of nitrogens with zero attached hydrogens (tertiary/aromatic N) is 2. The number of thioether (sulfide) groups is 1. The molecule has 4 aromatic carbocycles. The molecule has 8 heteroatoms. The first-order valence-electron chi connectivity index (χ1n) is 12.6. The van der Waals surface area contributed by atoms with Gasteiger partial charge in [0.05, 0.1) is 27.3 Å². The summed E-state index contributed by atoms with van der Waals surface area (Å²) in [6, 6.07) is 31.4. The molecule has 1 amide bonds. The quantitative estimate of drug-likeness (QED) is 0.135. The highest BCUT2D eigenvalue weighted by molar-refractivity contribution is 14.1. The highest BCUT2D eigenvalue weighted by Crippen LogP contribution is 2.41. The molecule has 1 saturated heterocycles. The van der Waals surface area contributed by atoms with E-state index >= 15 is 0 Å². The van der Waals surface area contributed by atoms with Crippen LogP contribution in [0.3, 0.4) is 0 Å². The fourth-order valence-corrected chi connectivity index (χ4v) is 6.36. The Labute approximate surface area is 260 Å². The molecule has 0 aromatic heterocycles. The van der Waals surface area contributed by atoms with Crippen molar-refractivity contribution < 1.29 is 14.3 Å². The summed E-state index contributed by atoms with van der Waals surface area (Å²) in [5.74, 6) is 1.20. The van der Waals surface area contributed by atoms with Crippen LogP contribution >= 0.6 is 50.3 Å². The summed E-state index contributed by atoms with van der Waals surface area (Å²) >= 11 is 7.09. The summed E-state index contributed by atoms with van der Waals surface area (Å²) in [6.07, 6.45) is 1.90. The van der Waals surface area contributed by atoms with Crippen molar-refractivity contribution in [3.63, 3.8) is 0 Å². The number of benzene rings is 4. The molecule has 1 atom stereocenters. The van der Waals surface area contributed by atoms with E-state index in [2.05, 4.69) is 38.5 Å². The Kier molecular flexibility index (Phi) is 9.29. The van der Waals surface area contributed by atoms with E-state index in [0.29, 0.717) is 28.2 Å².